The average Bonchev–Trinajstić information content (AvgIpc) is 2.39. The molecule has 0 spiro atoms. The molecule has 0 saturated heterocycles. The predicted molar refractivity (Wildman–Crippen MR) is 63.9 cm³/mol. The topological polar surface area (TPSA) is 0 Å². The van der Waals surface area contributed by atoms with Crippen molar-refractivity contribution in [2.75, 3.05) is 0 Å². The number of allylic oxidation sites excluding steroid dienone is 4. The maximum absolute atomic E-state index is 2.40. The summed E-state index contributed by atoms with van der Waals surface area (Å²) >= 11 is 0. The van der Waals surface area contributed by atoms with E-state index in [0.29, 0.717) is 17.3 Å². The maximum atomic E-state index is 2.40. The van der Waals surface area contributed by atoms with Crippen molar-refractivity contribution in [2.45, 2.75) is 41.0 Å². The Bertz CT molecular complexity index is 243. The molecule has 0 bridgehead atoms. The molecular formula is C14H23. The Balaban J connectivity index is 2.61. The summed E-state index contributed by atoms with van der Waals surface area (Å²) in [6.45, 7) is 11.3. The Hall–Kier alpha value is -0.520. The highest BCUT2D eigenvalue weighted by molar-refractivity contribution is 5.22. The van der Waals surface area contributed by atoms with Gasteiger partial charge in [0.25, 0.3) is 0 Å². The van der Waals surface area contributed by atoms with Gasteiger partial charge in [-0.2, -0.15) is 0 Å². The third kappa shape index (κ3) is 2.29. The largest absolute Gasteiger partial charge is 0.0851 e. The van der Waals surface area contributed by atoms with Gasteiger partial charge in [-0.25, -0.2) is 0 Å². The summed E-state index contributed by atoms with van der Waals surface area (Å²) in [4.78, 5) is 0. The molecule has 0 amide bonds. The van der Waals surface area contributed by atoms with Gasteiger partial charge in [0.05, 0.1) is 0 Å². The van der Waals surface area contributed by atoms with Crippen molar-refractivity contribution < 1.29 is 0 Å². The van der Waals surface area contributed by atoms with E-state index < -0.39 is 0 Å². The molecule has 14 heavy (non-hydrogen) atoms. The minimum atomic E-state index is 0.365. The van der Waals surface area contributed by atoms with Gasteiger partial charge in [-0.15, -0.1) is 0 Å². The van der Waals surface area contributed by atoms with Gasteiger partial charge in [-0.05, 0) is 37.0 Å². The zero-order chi connectivity index (χ0) is 10.8. The fourth-order valence-corrected chi connectivity index (χ4v) is 1.89. The molecule has 2 atom stereocenters. The third-order valence-corrected chi connectivity index (χ3v) is 3.79. The third-order valence-electron chi connectivity index (χ3n) is 3.79. The van der Waals surface area contributed by atoms with Gasteiger partial charge in [-0.3, -0.25) is 0 Å². The zero-order valence-electron chi connectivity index (χ0n) is 10.2. The molecular weight excluding hydrogens is 168 g/mol. The molecule has 0 fully saturated rings. The minimum Gasteiger partial charge on any atom is -0.0851 e. The molecule has 0 heteroatoms. The molecule has 0 aliphatic heterocycles. The standard InChI is InChI=1S/C14H23/c1-6-11(2)7-9-13-10-8-12(3)14(13,4)5/h6-9,11,13H,10H2,1-5H3/b9-7+. The normalized spacial score (nSPS) is 28.1. The Morgan fingerprint density at radius 3 is 2.57 bits per heavy atom. The van der Waals surface area contributed by atoms with Crippen LogP contribution in [-0.4, -0.2) is 0 Å². The number of hydrogen-bond donors (Lipinski definition) is 0. The molecule has 2 unspecified atom stereocenters. The van der Waals surface area contributed by atoms with E-state index >= 15 is 0 Å². The first-order valence-electron chi connectivity index (χ1n) is 5.63. The summed E-state index contributed by atoms with van der Waals surface area (Å²) in [5.41, 5.74) is 1.91. The van der Waals surface area contributed by atoms with Gasteiger partial charge in [0.15, 0.2) is 0 Å². The smallest absolute Gasteiger partial charge is 0.00817 e. The average molecular weight is 191 g/mol. The lowest BCUT2D eigenvalue weighted by Crippen LogP contribution is -2.18. The molecule has 0 nitrogen and oxygen atoms in total. The summed E-state index contributed by atoms with van der Waals surface area (Å²) in [5.74, 6) is 1.30. The van der Waals surface area contributed by atoms with Crippen LogP contribution in [0.15, 0.2) is 23.8 Å². The molecule has 0 saturated carbocycles. The van der Waals surface area contributed by atoms with Crippen LogP contribution in [0.4, 0.5) is 0 Å². The van der Waals surface area contributed by atoms with Crippen molar-refractivity contribution in [2.24, 2.45) is 17.3 Å². The van der Waals surface area contributed by atoms with Crippen molar-refractivity contribution >= 4 is 0 Å². The lowest BCUT2D eigenvalue weighted by Gasteiger charge is -2.27. The Kier molecular flexibility index (Phi) is 3.58. The molecule has 0 aromatic heterocycles. The van der Waals surface area contributed by atoms with E-state index in [1.807, 2.05) is 0 Å². The first-order valence-corrected chi connectivity index (χ1v) is 5.63. The summed E-state index contributed by atoms with van der Waals surface area (Å²) in [7, 11) is 0. The van der Waals surface area contributed by atoms with Crippen LogP contribution in [0.25, 0.3) is 0 Å². The molecule has 0 aromatic rings. The minimum absolute atomic E-state index is 0.365. The maximum Gasteiger partial charge on any atom is -0.00817 e. The van der Waals surface area contributed by atoms with Gasteiger partial charge in [-0.1, -0.05) is 51.5 Å². The Morgan fingerprint density at radius 2 is 2.14 bits per heavy atom. The van der Waals surface area contributed by atoms with E-state index in [2.05, 4.69) is 59.3 Å². The highest BCUT2D eigenvalue weighted by Gasteiger charge is 2.32. The molecule has 0 aromatic carbocycles. The van der Waals surface area contributed by atoms with Crippen LogP contribution in [0.3, 0.4) is 0 Å². The quantitative estimate of drug-likeness (QED) is 0.580. The van der Waals surface area contributed by atoms with Crippen molar-refractivity contribution in [3.8, 4) is 0 Å². The van der Waals surface area contributed by atoms with Crippen LogP contribution in [0.5, 0.6) is 0 Å². The molecule has 1 aliphatic carbocycles. The molecule has 1 rings (SSSR count). The second kappa shape index (κ2) is 4.33. The first kappa shape index (κ1) is 11.6. The highest BCUT2D eigenvalue weighted by Crippen LogP contribution is 2.43. The van der Waals surface area contributed by atoms with Gasteiger partial charge >= 0.3 is 0 Å². The molecule has 0 heterocycles. The van der Waals surface area contributed by atoms with E-state index in [1.54, 1.807) is 5.57 Å². The molecule has 1 radical (unpaired) electrons. The summed E-state index contributed by atoms with van der Waals surface area (Å²) in [5, 5.41) is 0. The van der Waals surface area contributed by atoms with Crippen molar-refractivity contribution in [1.29, 1.82) is 0 Å². The molecule has 1 aliphatic rings. The fraction of sp³-hybridized carbons (Fsp3) is 0.643. The molecule has 0 N–H and O–H groups in total. The van der Waals surface area contributed by atoms with Gasteiger partial charge in [0.1, 0.15) is 0 Å². The first-order chi connectivity index (χ1) is 6.48. The highest BCUT2D eigenvalue weighted by atomic mass is 14.4. The zero-order valence-corrected chi connectivity index (χ0v) is 10.2. The second-order valence-electron chi connectivity index (χ2n) is 5.03. The van der Waals surface area contributed by atoms with Crippen LogP contribution in [0, 0.1) is 23.7 Å². The summed E-state index contributed by atoms with van der Waals surface area (Å²) in [6, 6.07) is 0. The van der Waals surface area contributed by atoms with Gasteiger partial charge < -0.3 is 0 Å². The van der Waals surface area contributed by atoms with Crippen LogP contribution < -0.4 is 0 Å². The van der Waals surface area contributed by atoms with Gasteiger partial charge in [0, 0.05) is 0 Å². The lowest BCUT2D eigenvalue weighted by atomic mass is 9.77. The molecule has 79 valence electrons. The van der Waals surface area contributed by atoms with E-state index in [4.69, 9.17) is 0 Å². The number of hydrogen-bond acceptors (Lipinski definition) is 0. The predicted octanol–water partition coefficient (Wildman–Crippen LogP) is 4.40. The number of rotatable bonds is 3. The van der Waals surface area contributed by atoms with E-state index in [0.717, 1.165) is 0 Å². The monoisotopic (exact) mass is 191 g/mol. The van der Waals surface area contributed by atoms with Crippen molar-refractivity contribution in [3.63, 3.8) is 0 Å². The van der Waals surface area contributed by atoms with Crippen LogP contribution in [-0.2, 0) is 0 Å². The van der Waals surface area contributed by atoms with Crippen LogP contribution >= 0.6 is 0 Å². The Morgan fingerprint density at radius 1 is 1.50 bits per heavy atom. The van der Waals surface area contributed by atoms with Crippen LogP contribution in [0.1, 0.15) is 41.0 Å². The Labute approximate surface area is 89.1 Å². The van der Waals surface area contributed by atoms with E-state index in [-0.39, 0.29) is 0 Å². The van der Waals surface area contributed by atoms with E-state index in [1.165, 1.54) is 6.42 Å². The van der Waals surface area contributed by atoms with Crippen molar-refractivity contribution in [3.05, 3.63) is 30.2 Å². The lowest BCUT2D eigenvalue weighted by molar-refractivity contribution is 0.350. The van der Waals surface area contributed by atoms with Crippen LogP contribution in [0.2, 0.25) is 0 Å². The fourth-order valence-electron chi connectivity index (χ4n) is 1.89. The van der Waals surface area contributed by atoms with Gasteiger partial charge in [0.2, 0.25) is 0 Å². The second-order valence-corrected chi connectivity index (χ2v) is 5.03. The SMILES string of the molecule is C[CH]C(C)/C=C/C1CC=C(C)C1(C)C. The summed E-state index contributed by atoms with van der Waals surface area (Å²) < 4.78 is 0. The van der Waals surface area contributed by atoms with E-state index in [9.17, 15) is 0 Å². The van der Waals surface area contributed by atoms with Crippen molar-refractivity contribution in [1.82, 2.24) is 0 Å². The summed E-state index contributed by atoms with van der Waals surface area (Å²) in [6.07, 6.45) is 10.6.